The number of anilines is 1. The number of tetrazole rings is 1. The summed E-state index contributed by atoms with van der Waals surface area (Å²) in [7, 11) is 0. The van der Waals surface area contributed by atoms with Crippen LogP contribution in [0.15, 0.2) is 36.8 Å². The van der Waals surface area contributed by atoms with E-state index >= 15 is 0 Å². The zero-order valence-electron chi connectivity index (χ0n) is 16.9. The monoisotopic (exact) mass is 426 g/mol. The molecule has 3 N–H and O–H groups in total. The molecule has 0 aliphatic rings. The lowest BCUT2D eigenvalue weighted by Gasteiger charge is -2.09. The van der Waals surface area contributed by atoms with Crippen molar-refractivity contribution in [2.75, 3.05) is 5.73 Å². The fourth-order valence-electron chi connectivity index (χ4n) is 3.05. The summed E-state index contributed by atoms with van der Waals surface area (Å²) in [6, 6.07) is 3.89. The third-order valence-electron chi connectivity index (χ3n) is 4.80. The van der Waals surface area contributed by atoms with Crippen LogP contribution in [0.3, 0.4) is 0 Å². The van der Waals surface area contributed by atoms with Gasteiger partial charge in [-0.2, -0.15) is 14.2 Å². The average Bonchev–Trinajstić information content (AvgIpc) is 3.41. The number of hydrogen-bond acceptors (Lipinski definition) is 7. The second kappa shape index (κ2) is 8.09. The Balaban J connectivity index is 1.73. The van der Waals surface area contributed by atoms with Crippen molar-refractivity contribution in [2.45, 2.75) is 26.8 Å². The van der Waals surface area contributed by atoms with Gasteiger partial charge in [0.05, 0.1) is 11.8 Å². The molecule has 1 aromatic carbocycles. The smallest absolute Gasteiger partial charge is 0.202 e. The van der Waals surface area contributed by atoms with Crippen molar-refractivity contribution in [3.8, 4) is 34.0 Å². The van der Waals surface area contributed by atoms with E-state index in [1.165, 1.54) is 6.07 Å². The molecule has 4 aromatic rings. The average molecular weight is 426 g/mol. The Labute approximate surface area is 176 Å². The van der Waals surface area contributed by atoms with Gasteiger partial charge in [0.25, 0.3) is 0 Å². The van der Waals surface area contributed by atoms with Gasteiger partial charge in [-0.25, -0.2) is 9.37 Å². The third kappa shape index (κ3) is 3.93. The van der Waals surface area contributed by atoms with Crippen LogP contribution < -0.4 is 5.73 Å². The fourth-order valence-corrected chi connectivity index (χ4v) is 3.05. The van der Waals surface area contributed by atoms with Crippen molar-refractivity contribution in [3.63, 3.8) is 0 Å². The van der Waals surface area contributed by atoms with Crippen molar-refractivity contribution in [2.24, 2.45) is 5.92 Å². The van der Waals surface area contributed by atoms with E-state index in [2.05, 4.69) is 39.5 Å². The van der Waals surface area contributed by atoms with Crippen molar-refractivity contribution >= 4 is 5.82 Å². The summed E-state index contributed by atoms with van der Waals surface area (Å²) in [6.07, 6.45) is 6.21. The molecule has 0 saturated carbocycles. The Hall–Kier alpha value is -3.89. The molecule has 0 bridgehead atoms. The number of aromatic hydroxyl groups is 1. The lowest BCUT2D eigenvalue weighted by Crippen LogP contribution is -2.06. The first-order valence-electron chi connectivity index (χ1n) is 9.59. The highest BCUT2D eigenvalue weighted by molar-refractivity contribution is 5.76. The maximum absolute atomic E-state index is 14.4. The van der Waals surface area contributed by atoms with Gasteiger partial charge in [-0.1, -0.05) is 13.8 Å². The molecule has 3 heterocycles. The Morgan fingerprint density at radius 3 is 2.71 bits per heavy atom. The predicted molar refractivity (Wildman–Crippen MR) is 109 cm³/mol. The molecule has 0 saturated heterocycles. The number of phenols is 1. The summed E-state index contributed by atoms with van der Waals surface area (Å²) < 4.78 is 31.1. The minimum atomic E-state index is -1.40. The van der Waals surface area contributed by atoms with Crippen LogP contribution in [0.4, 0.5) is 14.6 Å². The van der Waals surface area contributed by atoms with Gasteiger partial charge in [-0.05, 0) is 41.0 Å². The molecule has 0 spiro atoms. The molecule has 3 aromatic heterocycles. The molecule has 160 valence electrons. The van der Waals surface area contributed by atoms with Crippen molar-refractivity contribution < 1.29 is 13.9 Å². The van der Waals surface area contributed by atoms with E-state index in [4.69, 9.17) is 5.73 Å². The largest absolute Gasteiger partial charge is 0.505 e. The molecule has 9 nitrogen and oxygen atoms in total. The van der Waals surface area contributed by atoms with Gasteiger partial charge in [0.15, 0.2) is 17.4 Å². The topological polar surface area (TPSA) is 121 Å². The van der Waals surface area contributed by atoms with E-state index in [9.17, 15) is 13.9 Å². The third-order valence-corrected chi connectivity index (χ3v) is 4.80. The maximum Gasteiger partial charge on any atom is 0.202 e. The van der Waals surface area contributed by atoms with Gasteiger partial charge < -0.3 is 10.8 Å². The molecular formula is C20H20F2N8O. The number of aromatic nitrogens is 7. The molecule has 0 amide bonds. The van der Waals surface area contributed by atoms with Crippen molar-refractivity contribution in [1.29, 1.82) is 0 Å². The van der Waals surface area contributed by atoms with Gasteiger partial charge in [0.2, 0.25) is 5.82 Å². The van der Waals surface area contributed by atoms with Crippen LogP contribution in [0.2, 0.25) is 0 Å². The highest BCUT2D eigenvalue weighted by Gasteiger charge is 2.21. The lowest BCUT2D eigenvalue weighted by molar-refractivity contribution is 0.405. The molecule has 0 aliphatic carbocycles. The van der Waals surface area contributed by atoms with Crippen LogP contribution >= 0.6 is 0 Å². The molecule has 11 heteroatoms. The molecule has 4 rings (SSSR count). The number of aryl methyl sites for hydroxylation is 1. The molecule has 0 aliphatic heterocycles. The Bertz CT molecular complexity index is 1230. The molecular weight excluding hydrogens is 406 g/mol. The Morgan fingerprint density at radius 2 is 1.94 bits per heavy atom. The summed E-state index contributed by atoms with van der Waals surface area (Å²) in [5, 5.41) is 25.0. The number of phenolic OH excluding ortho intramolecular Hbond substituents is 1. The van der Waals surface area contributed by atoms with E-state index < -0.39 is 17.4 Å². The number of benzene rings is 1. The lowest BCUT2D eigenvalue weighted by atomic mass is 10.1. The molecule has 0 atom stereocenters. The standard InChI is InChI=1S/C20H20F2N8O/c1-11(2)5-6-29-10-13(9-25-29)12-7-14(19(23)24-8-12)20-26-27-28-30(20)15-3-4-16(31)18(22)17(15)21/h3-4,7-11,31H,5-6H2,1-2H3,(H2,23,24). The second-order valence-corrected chi connectivity index (χ2v) is 7.48. The van der Waals surface area contributed by atoms with Crippen molar-refractivity contribution in [1.82, 2.24) is 35.0 Å². The first kappa shape index (κ1) is 20.4. The summed E-state index contributed by atoms with van der Waals surface area (Å²) in [5.74, 6) is -2.75. The normalized spacial score (nSPS) is 11.4. The zero-order valence-corrected chi connectivity index (χ0v) is 16.9. The summed E-state index contributed by atoms with van der Waals surface area (Å²) in [4.78, 5) is 4.21. The van der Waals surface area contributed by atoms with Gasteiger partial charge in [0, 0.05) is 30.1 Å². The number of nitrogens with zero attached hydrogens (tertiary/aromatic N) is 7. The molecule has 0 fully saturated rings. The van der Waals surface area contributed by atoms with Crippen LogP contribution in [0.25, 0.3) is 28.2 Å². The number of pyridine rings is 1. The van der Waals surface area contributed by atoms with Crippen LogP contribution in [-0.4, -0.2) is 40.1 Å². The zero-order chi connectivity index (χ0) is 22.1. The summed E-state index contributed by atoms with van der Waals surface area (Å²) in [6.45, 7) is 5.08. The van der Waals surface area contributed by atoms with Gasteiger partial charge >= 0.3 is 0 Å². The minimum absolute atomic E-state index is 0.0723. The molecule has 31 heavy (non-hydrogen) atoms. The molecule has 0 radical (unpaired) electrons. The number of halogens is 2. The molecule has 0 unspecified atom stereocenters. The van der Waals surface area contributed by atoms with Crippen LogP contribution in [0.5, 0.6) is 5.75 Å². The van der Waals surface area contributed by atoms with Crippen LogP contribution in [-0.2, 0) is 6.54 Å². The first-order chi connectivity index (χ1) is 14.8. The van der Waals surface area contributed by atoms with E-state index in [1.807, 2.05) is 10.9 Å². The second-order valence-electron chi connectivity index (χ2n) is 7.48. The van der Waals surface area contributed by atoms with E-state index in [0.29, 0.717) is 17.0 Å². The van der Waals surface area contributed by atoms with E-state index in [0.717, 1.165) is 29.3 Å². The quantitative estimate of drug-likeness (QED) is 0.486. The van der Waals surface area contributed by atoms with Gasteiger partial charge in [-0.3, -0.25) is 4.68 Å². The Kier molecular flexibility index (Phi) is 5.32. The first-order valence-corrected chi connectivity index (χ1v) is 9.59. The summed E-state index contributed by atoms with van der Waals surface area (Å²) >= 11 is 0. The number of nitrogens with two attached hydrogens (primary N) is 1. The summed E-state index contributed by atoms with van der Waals surface area (Å²) in [5.41, 5.74) is 7.63. The predicted octanol–water partition coefficient (Wildman–Crippen LogP) is 3.20. The van der Waals surface area contributed by atoms with Gasteiger partial charge in [-0.15, -0.1) is 5.10 Å². The van der Waals surface area contributed by atoms with E-state index in [-0.39, 0.29) is 17.3 Å². The highest BCUT2D eigenvalue weighted by Crippen LogP contribution is 2.31. The minimum Gasteiger partial charge on any atom is -0.505 e. The fraction of sp³-hybridized carbons (Fsp3) is 0.250. The van der Waals surface area contributed by atoms with Crippen molar-refractivity contribution in [3.05, 3.63) is 48.4 Å². The Morgan fingerprint density at radius 1 is 1.13 bits per heavy atom. The number of hydrogen-bond donors (Lipinski definition) is 2. The highest BCUT2D eigenvalue weighted by atomic mass is 19.2. The van der Waals surface area contributed by atoms with Crippen LogP contribution in [0, 0.1) is 17.6 Å². The SMILES string of the molecule is CC(C)CCn1cc(-c2cnc(N)c(-c3nnnn3-c3ccc(O)c(F)c3F)c2)cn1. The maximum atomic E-state index is 14.4. The van der Waals surface area contributed by atoms with Gasteiger partial charge in [0.1, 0.15) is 11.5 Å². The van der Waals surface area contributed by atoms with E-state index in [1.54, 1.807) is 18.5 Å². The number of rotatable bonds is 6. The number of nitrogen functional groups attached to an aromatic ring is 1. The van der Waals surface area contributed by atoms with Crippen LogP contribution in [0.1, 0.15) is 20.3 Å².